The molecule has 12 heavy (non-hydrogen) atoms. The van der Waals surface area contributed by atoms with Crippen LogP contribution >= 0.6 is 15.9 Å². The molecule has 1 aromatic carbocycles. The molecular weight excluding hydrogens is 216 g/mol. The first kappa shape index (κ1) is 9.24. The van der Waals surface area contributed by atoms with E-state index >= 15 is 0 Å². The highest BCUT2D eigenvalue weighted by atomic mass is 79.9. The predicted molar refractivity (Wildman–Crippen MR) is 51.5 cm³/mol. The molecule has 0 radical (unpaired) electrons. The van der Waals surface area contributed by atoms with Gasteiger partial charge >= 0.3 is 0 Å². The standard InChI is InChI=1S/C9H9BrN2/c1-6(12)8-4-7(5-11)2-3-9(8)10/h2-4,6H,12H2,1H3/t6-/m0/s1. The van der Waals surface area contributed by atoms with Gasteiger partial charge in [0.1, 0.15) is 0 Å². The molecule has 0 aliphatic carbocycles. The van der Waals surface area contributed by atoms with E-state index in [1.807, 2.05) is 13.0 Å². The van der Waals surface area contributed by atoms with E-state index in [0.29, 0.717) is 5.56 Å². The number of nitrogens with two attached hydrogens (primary N) is 1. The van der Waals surface area contributed by atoms with Crippen molar-refractivity contribution in [1.29, 1.82) is 5.26 Å². The van der Waals surface area contributed by atoms with E-state index in [9.17, 15) is 0 Å². The first-order chi connectivity index (χ1) is 5.65. The first-order valence-corrected chi connectivity index (χ1v) is 4.39. The summed E-state index contributed by atoms with van der Waals surface area (Å²) in [7, 11) is 0. The van der Waals surface area contributed by atoms with Crippen LogP contribution in [0, 0.1) is 11.3 Å². The van der Waals surface area contributed by atoms with E-state index in [1.165, 1.54) is 0 Å². The molecule has 1 atom stereocenters. The normalized spacial score (nSPS) is 12.2. The zero-order valence-corrected chi connectivity index (χ0v) is 8.30. The minimum absolute atomic E-state index is 0.0484. The monoisotopic (exact) mass is 224 g/mol. The molecule has 0 aliphatic heterocycles. The summed E-state index contributed by atoms with van der Waals surface area (Å²) in [4.78, 5) is 0. The minimum atomic E-state index is -0.0484. The second kappa shape index (κ2) is 3.70. The largest absolute Gasteiger partial charge is 0.324 e. The third kappa shape index (κ3) is 1.84. The van der Waals surface area contributed by atoms with Crippen molar-refractivity contribution in [3.63, 3.8) is 0 Å². The van der Waals surface area contributed by atoms with Crippen LogP contribution in [-0.4, -0.2) is 0 Å². The summed E-state index contributed by atoms with van der Waals surface area (Å²) in [6, 6.07) is 7.43. The highest BCUT2D eigenvalue weighted by Gasteiger charge is 2.04. The van der Waals surface area contributed by atoms with Crippen LogP contribution in [0.25, 0.3) is 0 Å². The van der Waals surface area contributed by atoms with Gasteiger partial charge in [0.25, 0.3) is 0 Å². The highest BCUT2D eigenvalue weighted by molar-refractivity contribution is 9.10. The van der Waals surface area contributed by atoms with E-state index in [-0.39, 0.29) is 6.04 Å². The molecule has 2 nitrogen and oxygen atoms in total. The summed E-state index contributed by atoms with van der Waals surface area (Å²) < 4.78 is 0.955. The molecule has 0 unspecified atom stereocenters. The summed E-state index contributed by atoms with van der Waals surface area (Å²) in [5.74, 6) is 0. The Balaban J connectivity index is 3.19. The van der Waals surface area contributed by atoms with Crippen LogP contribution in [-0.2, 0) is 0 Å². The van der Waals surface area contributed by atoms with Gasteiger partial charge in [-0.05, 0) is 30.7 Å². The van der Waals surface area contributed by atoms with Gasteiger partial charge in [0.2, 0.25) is 0 Å². The van der Waals surface area contributed by atoms with Crippen LogP contribution in [0.4, 0.5) is 0 Å². The summed E-state index contributed by atoms with van der Waals surface area (Å²) in [5.41, 5.74) is 7.31. The van der Waals surface area contributed by atoms with E-state index in [1.54, 1.807) is 12.1 Å². The summed E-state index contributed by atoms with van der Waals surface area (Å²) in [5, 5.41) is 8.63. The maximum Gasteiger partial charge on any atom is 0.0991 e. The lowest BCUT2D eigenvalue weighted by Crippen LogP contribution is -2.05. The molecule has 0 aromatic heterocycles. The van der Waals surface area contributed by atoms with Gasteiger partial charge in [-0.2, -0.15) is 5.26 Å². The van der Waals surface area contributed by atoms with Crippen molar-refractivity contribution in [2.24, 2.45) is 5.73 Å². The fourth-order valence-electron chi connectivity index (χ4n) is 0.962. The van der Waals surface area contributed by atoms with Crippen LogP contribution in [0.1, 0.15) is 24.1 Å². The third-order valence-corrected chi connectivity index (χ3v) is 2.34. The van der Waals surface area contributed by atoms with Gasteiger partial charge in [0.15, 0.2) is 0 Å². The fourth-order valence-corrected chi connectivity index (χ4v) is 1.57. The number of nitrogens with zero attached hydrogens (tertiary/aromatic N) is 1. The van der Waals surface area contributed by atoms with Crippen molar-refractivity contribution in [2.45, 2.75) is 13.0 Å². The van der Waals surface area contributed by atoms with E-state index in [2.05, 4.69) is 22.0 Å². The first-order valence-electron chi connectivity index (χ1n) is 3.60. The minimum Gasteiger partial charge on any atom is -0.324 e. The SMILES string of the molecule is C[C@H](N)c1cc(C#N)ccc1Br. The summed E-state index contributed by atoms with van der Waals surface area (Å²) in [6.45, 7) is 1.89. The van der Waals surface area contributed by atoms with Gasteiger partial charge in [0, 0.05) is 10.5 Å². The van der Waals surface area contributed by atoms with Crippen LogP contribution in [0.5, 0.6) is 0 Å². The number of benzene rings is 1. The zero-order valence-electron chi connectivity index (χ0n) is 6.71. The molecule has 0 aliphatic rings. The molecule has 3 heteroatoms. The lowest BCUT2D eigenvalue weighted by Gasteiger charge is -2.07. The average molecular weight is 225 g/mol. The van der Waals surface area contributed by atoms with Gasteiger partial charge in [-0.15, -0.1) is 0 Å². The molecule has 1 rings (SSSR count). The second-order valence-corrected chi connectivity index (χ2v) is 3.49. The number of halogens is 1. The van der Waals surface area contributed by atoms with Crippen LogP contribution in [0.15, 0.2) is 22.7 Å². The van der Waals surface area contributed by atoms with Gasteiger partial charge < -0.3 is 5.73 Å². The lowest BCUT2D eigenvalue weighted by molar-refractivity contribution is 0.813. The lowest BCUT2D eigenvalue weighted by atomic mass is 10.1. The Morgan fingerprint density at radius 2 is 2.25 bits per heavy atom. The predicted octanol–water partition coefficient (Wildman–Crippen LogP) is 2.34. The van der Waals surface area contributed by atoms with Gasteiger partial charge in [-0.1, -0.05) is 15.9 Å². The quantitative estimate of drug-likeness (QED) is 0.797. The highest BCUT2D eigenvalue weighted by Crippen LogP contribution is 2.22. The van der Waals surface area contributed by atoms with E-state index in [0.717, 1.165) is 10.0 Å². The fraction of sp³-hybridized carbons (Fsp3) is 0.222. The maximum absolute atomic E-state index is 8.63. The Morgan fingerprint density at radius 1 is 1.58 bits per heavy atom. The van der Waals surface area contributed by atoms with Crippen LogP contribution in [0.3, 0.4) is 0 Å². The van der Waals surface area contributed by atoms with Gasteiger partial charge in [-0.3, -0.25) is 0 Å². The Labute approximate surface area is 80.1 Å². The van der Waals surface area contributed by atoms with E-state index < -0.39 is 0 Å². The molecule has 0 heterocycles. The molecule has 1 aromatic rings. The third-order valence-electron chi connectivity index (χ3n) is 1.62. The number of hydrogen-bond donors (Lipinski definition) is 1. The maximum atomic E-state index is 8.63. The van der Waals surface area contributed by atoms with E-state index in [4.69, 9.17) is 11.0 Å². The molecular formula is C9H9BrN2. The second-order valence-electron chi connectivity index (χ2n) is 2.64. The molecule has 0 saturated heterocycles. The number of rotatable bonds is 1. The molecule has 0 spiro atoms. The summed E-state index contributed by atoms with van der Waals surface area (Å²) >= 11 is 3.37. The van der Waals surface area contributed by atoms with Crippen molar-refractivity contribution in [3.05, 3.63) is 33.8 Å². The molecule has 0 fully saturated rings. The van der Waals surface area contributed by atoms with Crippen molar-refractivity contribution >= 4 is 15.9 Å². The van der Waals surface area contributed by atoms with Crippen molar-refractivity contribution < 1.29 is 0 Å². The Hall–Kier alpha value is -0.850. The van der Waals surface area contributed by atoms with Gasteiger partial charge in [-0.25, -0.2) is 0 Å². The Kier molecular flexibility index (Phi) is 2.85. The van der Waals surface area contributed by atoms with Gasteiger partial charge in [0.05, 0.1) is 11.6 Å². The van der Waals surface area contributed by atoms with Crippen molar-refractivity contribution in [1.82, 2.24) is 0 Å². The molecule has 0 amide bonds. The van der Waals surface area contributed by atoms with Crippen LogP contribution in [0.2, 0.25) is 0 Å². The molecule has 2 N–H and O–H groups in total. The number of nitriles is 1. The number of hydrogen-bond acceptors (Lipinski definition) is 2. The average Bonchev–Trinajstić information content (AvgIpc) is 2.05. The van der Waals surface area contributed by atoms with Crippen LogP contribution < -0.4 is 5.73 Å². The Morgan fingerprint density at radius 3 is 2.75 bits per heavy atom. The molecule has 0 saturated carbocycles. The van der Waals surface area contributed by atoms with Crippen molar-refractivity contribution in [3.8, 4) is 6.07 Å². The van der Waals surface area contributed by atoms with Crippen molar-refractivity contribution in [2.75, 3.05) is 0 Å². The Bertz CT molecular complexity index is 326. The topological polar surface area (TPSA) is 49.8 Å². The summed E-state index contributed by atoms with van der Waals surface area (Å²) in [6.07, 6.45) is 0. The molecule has 0 bridgehead atoms. The molecule has 62 valence electrons. The zero-order chi connectivity index (χ0) is 9.14. The smallest absolute Gasteiger partial charge is 0.0991 e.